The maximum absolute atomic E-state index is 5.08. The Morgan fingerprint density at radius 2 is 2.00 bits per heavy atom. The zero-order valence-electron chi connectivity index (χ0n) is 16.2. The number of benzene rings is 1. The van der Waals surface area contributed by atoms with E-state index in [0.29, 0.717) is 0 Å². The number of aromatic nitrogens is 2. The Bertz CT molecular complexity index is 636. The van der Waals surface area contributed by atoms with Crippen LogP contribution in [0.4, 0.5) is 0 Å². The molecule has 3 N–H and O–H groups in total. The first-order valence-electron chi connectivity index (χ1n) is 9.28. The Balaban J connectivity index is 1.59. The molecule has 7 heteroatoms. The molecule has 0 unspecified atom stereocenters. The maximum atomic E-state index is 5.08. The average Bonchev–Trinajstić information content (AvgIpc) is 3.06. The summed E-state index contributed by atoms with van der Waals surface area (Å²) >= 11 is 0. The molecule has 0 atom stereocenters. The molecule has 2 rings (SSSR count). The first-order chi connectivity index (χ1) is 12.7. The number of likely N-dealkylation sites (N-methyl/N-ethyl adjacent to an activating group) is 1. The van der Waals surface area contributed by atoms with Crippen molar-refractivity contribution in [3.05, 3.63) is 30.1 Å². The number of aryl methyl sites for hydroxylation is 1. The molecule has 1 heterocycles. The van der Waals surface area contributed by atoms with Crippen LogP contribution in [0.1, 0.15) is 18.7 Å². The molecule has 0 aliphatic rings. The number of nitrogens with zero attached hydrogens (tertiary/aromatic N) is 3. The molecule has 0 aliphatic heterocycles. The van der Waals surface area contributed by atoms with E-state index in [2.05, 4.69) is 43.6 Å². The molecule has 1 aromatic carbocycles. The smallest absolute Gasteiger partial charge is 0.191 e. The van der Waals surface area contributed by atoms with Gasteiger partial charge in [-0.2, -0.15) is 0 Å². The highest BCUT2D eigenvalue weighted by Crippen LogP contribution is 2.10. The van der Waals surface area contributed by atoms with Crippen molar-refractivity contribution in [3.8, 4) is 0 Å². The lowest BCUT2D eigenvalue weighted by Crippen LogP contribution is -2.41. The minimum Gasteiger partial charge on any atom is -0.385 e. The normalized spacial score (nSPS) is 12.1. The maximum Gasteiger partial charge on any atom is 0.191 e. The van der Waals surface area contributed by atoms with E-state index in [9.17, 15) is 0 Å². The zero-order chi connectivity index (χ0) is 18.6. The van der Waals surface area contributed by atoms with E-state index >= 15 is 0 Å². The van der Waals surface area contributed by atoms with Gasteiger partial charge < -0.3 is 25.3 Å². The van der Waals surface area contributed by atoms with E-state index in [4.69, 9.17) is 4.74 Å². The van der Waals surface area contributed by atoms with Crippen LogP contribution in [0.2, 0.25) is 0 Å². The van der Waals surface area contributed by atoms with Crippen LogP contribution in [0, 0.1) is 0 Å². The Labute approximate surface area is 156 Å². The number of aromatic amines is 1. The third-order valence-electron chi connectivity index (χ3n) is 4.22. The second-order valence-corrected chi connectivity index (χ2v) is 6.38. The number of para-hydroxylation sites is 2. The lowest BCUT2D eigenvalue weighted by Gasteiger charge is -2.18. The predicted molar refractivity (Wildman–Crippen MR) is 108 cm³/mol. The summed E-state index contributed by atoms with van der Waals surface area (Å²) in [5.74, 6) is 1.88. The molecule has 7 nitrogen and oxygen atoms in total. The Kier molecular flexibility index (Phi) is 8.92. The first kappa shape index (κ1) is 20.2. The molecule has 0 spiro atoms. The van der Waals surface area contributed by atoms with Gasteiger partial charge in [-0.05, 0) is 32.0 Å². The van der Waals surface area contributed by atoms with Crippen LogP contribution in [0.5, 0.6) is 0 Å². The second-order valence-electron chi connectivity index (χ2n) is 6.38. The van der Waals surface area contributed by atoms with Crippen LogP contribution in [-0.2, 0) is 11.2 Å². The van der Waals surface area contributed by atoms with E-state index in [-0.39, 0.29) is 0 Å². The minimum atomic E-state index is 0.812. The van der Waals surface area contributed by atoms with Gasteiger partial charge in [0.2, 0.25) is 0 Å². The fraction of sp³-hybridized carbons (Fsp3) is 0.579. The number of hydrogen-bond acceptors (Lipinski definition) is 4. The summed E-state index contributed by atoms with van der Waals surface area (Å²) in [5.41, 5.74) is 2.13. The second kappa shape index (κ2) is 11.5. The van der Waals surface area contributed by atoms with Crippen molar-refractivity contribution in [2.45, 2.75) is 19.3 Å². The summed E-state index contributed by atoms with van der Waals surface area (Å²) in [4.78, 5) is 14.5. The molecule has 0 fully saturated rings. The number of imidazole rings is 1. The summed E-state index contributed by atoms with van der Waals surface area (Å²) in [6.45, 7) is 4.56. The van der Waals surface area contributed by atoms with Crippen molar-refractivity contribution in [3.63, 3.8) is 0 Å². The van der Waals surface area contributed by atoms with E-state index in [1.165, 1.54) is 0 Å². The van der Waals surface area contributed by atoms with Crippen LogP contribution in [0.25, 0.3) is 11.0 Å². The molecule has 0 bridgehead atoms. The lowest BCUT2D eigenvalue weighted by atomic mass is 10.3. The molecule has 26 heavy (non-hydrogen) atoms. The van der Waals surface area contributed by atoms with Crippen molar-refractivity contribution in [2.75, 3.05) is 54.0 Å². The largest absolute Gasteiger partial charge is 0.385 e. The third-order valence-corrected chi connectivity index (χ3v) is 4.22. The van der Waals surface area contributed by atoms with Gasteiger partial charge in [0.25, 0.3) is 0 Å². The van der Waals surface area contributed by atoms with Gasteiger partial charge in [0.15, 0.2) is 5.96 Å². The summed E-state index contributed by atoms with van der Waals surface area (Å²) in [6.07, 6.45) is 2.97. The molecule has 1 aromatic heterocycles. The molecule has 0 aliphatic carbocycles. The lowest BCUT2D eigenvalue weighted by molar-refractivity contribution is 0.180. The van der Waals surface area contributed by atoms with Crippen molar-refractivity contribution in [2.24, 2.45) is 4.99 Å². The Morgan fingerprint density at radius 1 is 1.19 bits per heavy atom. The van der Waals surface area contributed by atoms with Crippen molar-refractivity contribution in [1.82, 2.24) is 25.5 Å². The number of ether oxygens (including phenoxy) is 1. The van der Waals surface area contributed by atoms with Crippen molar-refractivity contribution >= 4 is 17.0 Å². The summed E-state index contributed by atoms with van der Waals surface area (Å²) in [6, 6.07) is 8.13. The van der Waals surface area contributed by atoms with Crippen LogP contribution in [0.15, 0.2) is 29.3 Å². The number of methoxy groups -OCH3 is 1. The molecular formula is C19H32N6O. The Morgan fingerprint density at radius 3 is 2.77 bits per heavy atom. The van der Waals surface area contributed by atoms with Gasteiger partial charge in [-0.15, -0.1) is 0 Å². The number of rotatable bonds is 11. The third kappa shape index (κ3) is 7.01. The number of guanidine groups is 1. The van der Waals surface area contributed by atoms with Crippen LogP contribution in [-0.4, -0.2) is 74.8 Å². The quantitative estimate of drug-likeness (QED) is 0.323. The fourth-order valence-electron chi connectivity index (χ4n) is 2.76. The number of H-pyrrole nitrogens is 1. The molecule has 0 amide bonds. The first-order valence-corrected chi connectivity index (χ1v) is 9.28. The van der Waals surface area contributed by atoms with Gasteiger partial charge in [-0.1, -0.05) is 12.1 Å². The van der Waals surface area contributed by atoms with Gasteiger partial charge >= 0.3 is 0 Å². The molecule has 2 aromatic rings. The number of nitrogens with one attached hydrogen (secondary N) is 3. The van der Waals surface area contributed by atoms with Crippen molar-refractivity contribution in [1.29, 1.82) is 0 Å². The summed E-state index contributed by atoms with van der Waals surface area (Å²) in [7, 11) is 5.67. The highest BCUT2D eigenvalue weighted by molar-refractivity contribution is 5.79. The monoisotopic (exact) mass is 360 g/mol. The van der Waals surface area contributed by atoms with E-state index < -0.39 is 0 Å². The SMILES string of the molecule is CN=C(NCCCc1nc2ccccc2[nH]1)NCCN(C)CCCOC. The number of fused-ring (bicyclic) bond motifs is 1. The molecule has 0 saturated carbocycles. The zero-order valence-corrected chi connectivity index (χ0v) is 16.2. The van der Waals surface area contributed by atoms with Crippen LogP contribution < -0.4 is 10.6 Å². The molecule has 0 saturated heterocycles. The van der Waals surface area contributed by atoms with Gasteiger partial charge in [0.1, 0.15) is 5.82 Å². The van der Waals surface area contributed by atoms with Crippen LogP contribution in [0.3, 0.4) is 0 Å². The summed E-state index contributed by atoms with van der Waals surface area (Å²) < 4.78 is 5.08. The van der Waals surface area contributed by atoms with Crippen molar-refractivity contribution < 1.29 is 4.74 Å². The summed E-state index contributed by atoms with van der Waals surface area (Å²) in [5, 5.41) is 6.71. The van der Waals surface area contributed by atoms with Gasteiger partial charge in [-0.25, -0.2) is 4.98 Å². The number of aliphatic imine (C=N–C) groups is 1. The molecule has 0 radical (unpaired) electrons. The van der Waals surface area contributed by atoms with Crippen LogP contribution >= 0.6 is 0 Å². The molecule has 144 valence electrons. The van der Waals surface area contributed by atoms with Gasteiger partial charge in [0, 0.05) is 53.4 Å². The standard InChI is InChI=1S/C19H32N6O/c1-20-19(22-12-14-25(2)13-7-15-26-3)21-11-6-10-18-23-16-8-4-5-9-17(16)24-18/h4-5,8-9H,6-7,10-15H2,1-3H3,(H,23,24)(H2,20,21,22). The highest BCUT2D eigenvalue weighted by Gasteiger charge is 2.03. The highest BCUT2D eigenvalue weighted by atomic mass is 16.5. The van der Waals surface area contributed by atoms with E-state index in [1.807, 2.05) is 18.2 Å². The van der Waals surface area contributed by atoms with Gasteiger partial charge in [0.05, 0.1) is 11.0 Å². The topological polar surface area (TPSA) is 77.6 Å². The fourth-order valence-corrected chi connectivity index (χ4v) is 2.76. The van der Waals surface area contributed by atoms with E-state index in [1.54, 1.807) is 14.2 Å². The Hall–Kier alpha value is -2.12. The average molecular weight is 361 g/mol. The number of hydrogen-bond donors (Lipinski definition) is 3. The predicted octanol–water partition coefficient (Wildman–Crippen LogP) is 1.63. The van der Waals surface area contributed by atoms with E-state index in [0.717, 1.165) is 74.9 Å². The van der Waals surface area contributed by atoms with Gasteiger partial charge in [-0.3, -0.25) is 4.99 Å². The molecular weight excluding hydrogens is 328 g/mol. The minimum absolute atomic E-state index is 0.812.